The highest BCUT2D eigenvalue weighted by molar-refractivity contribution is 4.99. The summed E-state index contributed by atoms with van der Waals surface area (Å²) in [5.74, 6) is 2.05. The van der Waals surface area contributed by atoms with E-state index in [2.05, 4.69) is 22.3 Å². The third kappa shape index (κ3) is 3.43. The van der Waals surface area contributed by atoms with E-state index in [-0.39, 0.29) is 0 Å². The Bertz CT molecular complexity index is 449. The Morgan fingerprint density at radius 1 is 1.50 bits per heavy atom. The Hall–Kier alpha value is -1.62. The van der Waals surface area contributed by atoms with Gasteiger partial charge in [-0.3, -0.25) is 4.68 Å². The van der Waals surface area contributed by atoms with Crippen molar-refractivity contribution in [2.45, 2.75) is 32.2 Å². The zero-order valence-electron chi connectivity index (χ0n) is 11.0. The molecule has 0 aliphatic rings. The molecule has 18 heavy (non-hydrogen) atoms. The van der Waals surface area contributed by atoms with Gasteiger partial charge in [-0.2, -0.15) is 5.10 Å². The van der Waals surface area contributed by atoms with Gasteiger partial charge in [-0.25, -0.2) is 4.98 Å². The van der Waals surface area contributed by atoms with Crippen molar-refractivity contribution in [3.8, 4) is 0 Å². The number of likely N-dealkylation sites (N-methyl/N-ethyl adjacent to an activating group) is 1. The summed E-state index contributed by atoms with van der Waals surface area (Å²) in [4.78, 5) is 4.27. The van der Waals surface area contributed by atoms with E-state index in [0.717, 1.165) is 37.4 Å². The van der Waals surface area contributed by atoms with Gasteiger partial charge in [-0.1, -0.05) is 6.92 Å². The summed E-state index contributed by atoms with van der Waals surface area (Å²) in [6, 6.07) is 4.36. The Morgan fingerprint density at radius 3 is 3.00 bits per heavy atom. The molecule has 0 spiro atoms. The normalized spacial score (nSPS) is 12.8. The molecule has 0 aromatic carbocycles. The van der Waals surface area contributed by atoms with Crippen molar-refractivity contribution in [1.82, 2.24) is 20.1 Å². The van der Waals surface area contributed by atoms with E-state index >= 15 is 0 Å². The molecule has 2 aromatic heterocycles. The quantitative estimate of drug-likeness (QED) is 0.808. The molecule has 0 saturated carbocycles. The minimum Gasteiger partial charge on any atom is -0.469 e. The van der Waals surface area contributed by atoms with Crippen molar-refractivity contribution >= 4 is 0 Å². The van der Waals surface area contributed by atoms with Crippen molar-refractivity contribution in [2.24, 2.45) is 7.05 Å². The lowest BCUT2D eigenvalue weighted by molar-refractivity contribution is 0.438. The summed E-state index contributed by atoms with van der Waals surface area (Å²) < 4.78 is 7.19. The maximum Gasteiger partial charge on any atom is 0.138 e. The smallest absolute Gasteiger partial charge is 0.138 e. The molecule has 0 amide bonds. The number of furan rings is 1. The predicted molar refractivity (Wildman–Crippen MR) is 69.2 cm³/mol. The van der Waals surface area contributed by atoms with E-state index < -0.39 is 0 Å². The molecule has 1 atom stereocenters. The van der Waals surface area contributed by atoms with Crippen LogP contribution in [0.3, 0.4) is 0 Å². The van der Waals surface area contributed by atoms with E-state index in [4.69, 9.17) is 4.42 Å². The van der Waals surface area contributed by atoms with Crippen LogP contribution in [0.2, 0.25) is 0 Å². The van der Waals surface area contributed by atoms with Gasteiger partial charge < -0.3 is 9.73 Å². The Labute approximate surface area is 107 Å². The second kappa shape index (κ2) is 6.35. The van der Waals surface area contributed by atoms with Crippen LogP contribution >= 0.6 is 0 Å². The molecule has 2 aromatic rings. The second-order valence-electron chi connectivity index (χ2n) is 4.38. The number of hydrogen-bond donors (Lipinski definition) is 1. The van der Waals surface area contributed by atoms with Crippen molar-refractivity contribution in [1.29, 1.82) is 0 Å². The average Bonchev–Trinajstić information content (AvgIpc) is 2.99. The molecule has 0 bridgehead atoms. The van der Waals surface area contributed by atoms with Crippen LogP contribution in [0.15, 0.2) is 29.1 Å². The van der Waals surface area contributed by atoms with Crippen molar-refractivity contribution in [2.75, 3.05) is 6.54 Å². The molecule has 0 fully saturated rings. The highest BCUT2D eigenvalue weighted by atomic mass is 16.3. The first-order valence-corrected chi connectivity index (χ1v) is 6.38. The zero-order chi connectivity index (χ0) is 12.8. The first-order chi connectivity index (χ1) is 8.79. The molecule has 98 valence electrons. The number of aryl methyl sites for hydroxylation is 2. The summed E-state index contributed by atoms with van der Waals surface area (Å²) in [5, 5.41) is 7.59. The van der Waals surface area contributed by atoms with Crippen LogP contribution in [0.1, 0.15) is 24.9 Å². The number of rotatable bonds is 7. The minimum atomic E-state index is 0.406. The molecule has 1 unspecified atom stereocenters. The van der Waals surface area contributed by atoms with Crippen LogP contribution in [-0.2, 0) is 19.9 Å². The topological polar surface area (TPSA) is 55.9 Å². The van der Waals surface area contributed by atoms with Crippen LogP contribution in [0, 0.1) is 0 Å². The monoisotopic (exact) mass is 248 g/mol. The fraction of sp³-hybridized carbons (Fsp3) is 0.538. The van der Waals surface area contributed by atoms with Crippen LogP contribution in [0.25, 0.3) is 0 Å². The van der Waals surface area contributed by atoms with Crippen molar-refractivity contribution in [3.63, 3.8) is 0 Å². The average molecular weight is 248 g/mol. The summed E-state index contributed by atoms with van der Waals surface area (Å²) in [5.41, 5.74) is 0. The molecule has 2 heterocycles. The van der Waals surface area contributed by atoms with Gasteiger partial charge in [0.25, 0.3) is 0 Å². The van der Waals surface area contributed by atoms with Crippen LogP contribution in [0.4, 0.5) is 0 Å². The zero-order valence-corrected chi connectivity index (χ0v) is 11.0. The van der Waals surface area contributed by atoms with Gasteiger partial charge in [0.2, 0.25) is 0 Å². The van der Waals surface area contributed by atoms with Crippen molar-refractivity contribution in [3.05, 3.63) is 36.3 Å². The maximum absolute atomic E-state index is 5.36. The lowest BCUT2D eigenvalue weighted by atomic mass is 10.1. The van der Waals surface area contributed by atoms with Gasteiger partial charge in [-0.15, -0.1) is 0 Å². The molecular weight excluding hydrogens is 228 g/mol. The van der Waals surface area contributed by atoms with Gasteiger partial charge in [0.15, 0.2) is 0 Å². The predicted octanol–water partition coefficient (Wildman–Crippen LogP) is 1.56. The third-order valence-corrected chi connectivity index (χ3v) is 3.05. The van der Waals surface area contributed by atoms with Gasteiger partial charge in [0, 0.05) is 25.9 Å². The Balaban J connectivity index is 1.89. The van der Waals surface area contributed by atoms with E-state index in [9.17, 15) is 0 Å². The Morgan fingerprint density at radius 2 is 2.39 bits per heavy atom. The highest BCUT2D eigenvalue weighted by Crippen LogP contribution is 2.09. The molecule has 0 saturated heterocycles. The van der Waals surface area contributed by atoms with E-state index in [1.807, 2.05) is 23.9 Å². The van der Waals surface area contributed by atoms with E-state index in [1.165, 1.54) is 0 Å². The molecule has 0 aliphatic carbocycles. The van der Waals surface area contributed by atoms with Crippen LogP contribution in [0.5, 0.6) is 0 Å². The third-order valence-electron chi connectivity index (χ3n) is 3.05. The molecule has 2 rings (SSSR count). The fourth-order valence-electron chi connectivity index (χ4n) is 2.06. The molecule has 0 aliphatic heterocycles. The van der Waals surface area contributed by atoms with Crippen molar-refractivity contribution < 1.29 is 4.42 Å². The SMILES string of the molecule is CCNC(CCc1ccco1)Cc1ncnn1C. The standard InChI is InChI=1S/C13H20N4O/c1-3-14-11(6-7-12-5-4-8-18-12)9-13-15-10-16-17(13)2/h4-5,8,10-11,14H,3,6-7,9H2,1-2H3. The number of nitrogens with zero attached hydrogens (tertiary/aromatic N) is 3. The minimum absolute atomic E-state index is 0.406. The largest absolute Gasteiger partial charge is 0.469 e. The first-order valence-electron chi connectivity index (χ1n) is 6.38. The summed E-state index contributed by atoms with van der Waals surface area (Å²) in [6.45, 7) is 3.08. The van der Waals surface area contributed by atoms with Gasteiger partial charge in [0.05, 0.1) is 6.26 Å². The molecule has 5 nitrogen and oxygen atoms in total. The number of aromatic nitrogens is 3. The molecular formula is C13H20N4O. The first kappa shape index (κ1) is 12.8. The molecule has 5 heteroatoms. The Kier molecular flexibility index (Phi) is 4.52. The number of hydrogen-bond acceptors (Lipinski definition) is 4. The summed E-state index contributed by atoms with van der Waals surface area (Å²) in [7, 11) is 1.93. The lowest BCUT2D eigenvalue weighted by Gasteiger charge is -2.16. The van der Waals surface area contributed by atoms with E-state index in [0.29, 0.717) is 6.04 Å². The van der Waals surface area contributed by atoms with Crippen LogP contribution < -0.4 is 5.32 Å². The molecule has 1 N–H and O–H groups in total. The van der Waals surface area contributed by atoms with Crippen LogP contribution in [-0.4, -0.2) is 27.4 Å². The lowest BCUT2D eigenvalue weighted by Crippen LogP contribution is -2.32. The van der Waals surface area contributed by atoms with Gasteiger partial charge in [-0.05, 0) is 25.1 Å². The summed E-state index contributed by atoms with van der Waals surface area (Å²) >= 11 is 0. The summed E-state index contributed by atoms with van der Waals surface area (Å²) in [6.07, 6.45) is 6.20. The second-order valence-corrected chi connectivity index (χ2v) is 4.38. The van der Waals surface area contributed by atoms with E-state index in [1.54, 1.807) is 12.6 Å². The highest BCUT2D eigenvalue weighted by Gasteiger charge is 2.12. The molecule has 0 radical (unpaired) electrons. The van der Waals surface area contributed by atoms with Gasteiger partial charge >= 0.3 is 0 Å². The number of nitrogens with one attached hydrogen (secondary N) is 1. The van der Waals surface area contributed by atoms with Gasteiger partial charge in [0.1, 0.15) is 17.9 Å². The maximum atomic E-state index is 5.36. The fourth-order valence-corrected chi connectivity index (χ4v) is 2.06.